The fraction of sp³-hybridized carbons (Fsp3) is 0.652. The van der Waals surface area contributed by atoms with Gasteiger partial charge in [-0.05, 0) is 86.7 Å². The van der Waals surface area contributed by atoms with E-state index >= 15 is 0 Å². The first-order chi connectivity index (χ1) is 13.0. The Morgan fingerprint density at radius 1 is 1.33 bits per heavy atom. The topological polar surface area (TPSA) is 58.9 Å². The van der Waals surface area contributed by atoms with Crippen molar-refractivity contribution < 1.29 is 14.7 Å². The van der Waals surface area contributed by atoms with E-state index in [1.807, 2.05) is 0 Å². The predicted molar refractivity (Wildman–Crippen MR) is 103 cm³/mol. The molecule has 3 fully saturated rings. The van der Waals surface area contributed by atoms with Crippen molar-refractivity contribution in [2.45, 2.75) is 57.5 Å². The smallest absolute Gasteiger partial charge is 0.331 e. The van der Waals surface area contributed by atoms with Gasteiger partial charge in [0.1, 0.15) is 5.60 Å². The molecule has 7 atom stereocenters. The molecule has 1 spiro atoms. The summed E-state index contributed by atoms with van der Waals surface area (Å²) in [4.78, 5) is 11.9. The highest BCUT2D eigenvalue weighted by Gasteiger charge is 2.65. The van der Waals surface area contributed by atoms with Crippen LogP contribution >= 0.6 is 0 Å². The third kappa shape index (κ3) is 2.22. The number of oxime groups is 1. The third-order valence-electron chi connectivity index (χ3n) is 8.79. The summed E-state index contributed by atoms with van der Waals surface area (Å²) in [5.74, 6) is 2.75. The van der Waals surface area contributed by atoms with E-state index in [0.717, 1.165) is 44.2 Å². The Kier molecular flexibility index (Phi) is 3.73. The van der Waals surface area contributed by atoms with Gasteiger partial charge in [0.2, 0.25) is 0 Å². The van der Waals surface area contributed by atoms with Crippen LogP contribution in [-0.4, -0.2) is 22.5 Å². The van der Waals surface area contributed by atoms with Crippen LogP contribution in [0, 0.1) is 35.0 Å². The molecular weight excluding hydrogens is 338 g/mol. The number of hydrogen-bond donors (Lipinski definition) is 1. The zero-order chi connectivity index (χ0) is 18.8. The molecule has 0 amide bonds. The highest BCUT2D eigenvalue weighted by Crippen LogP contribution is 2.67. The second-order valence-corrected chi connectivity index (χ2v) is 9.55. The maximum Gasteiger partial charge on any atom is 0.331 e. The number of carbonyl (C=O) groups excluding carboxylic acids is 1. The first-order valence-electron chi connectivity index (χ1n) is 10.5. The fourth-order valence-corrected chi connectivity index (χ4v) is 7.55. The minimum Gasteiger partial charge on any atom is -0.451 e. The highest BCUT2D eigenvalue weighted by molar-refractivity contribution is 5.96. The Morgan fingerprint density at radius 2 is 2.19 bits per heavy atom. The molecule has 0 aromatic carbocycles. The second kappa shape index (κ2) is 5.83. The highest BCUT2D eigenvalue weighted by atomic mass is 16.6. The quantitative estimate of drug-likeness (QED) is 0.317. The molecule has 4 heteroatoms. The van der Waals surface area contributed by atoms with Gasteiger partial charge in [0.15, 0.2) is 0 Å². The van der Waals surface area contributed by atoms with E-state index in [-0.39, 0.29) is 17.0 Å². The van der Waals surface area contributed by atoms with Crippen LogP contribution in [0.1, 0.15) is 51.9 Å². The van der Waals surface area contributed by atoms with Crippen molar-refractivity contribution in [2.24, 2.45) is 40.2 Å². The summed E-state index contributed by atoms with van der Waals surface area (Å²) in [6.45, 7) is 6.55. The zero-order valence-corrected chi connectivity index (χ0v) is 16.1. The lowest BCUT2D eigenvalue weighted by Gasteiger charge is -2.57. The molecule has 0 aromatic rings. The number of allylic oxidation sites excluding steroid dienone is 3. The summed E-state index contributed by atoms with van der Waals surface area (Å²) < 4.78 is 5.94. The third-order valence-corrected chi connectivity index (χ3v) is 8.79. The van der Waals surface area contributed by atoms with E-state index < -0.39 is 0 Å². The van der Waals surface area contributed by atoms with Crippen LogP contribution in [0.5, 0.6) is 0 Å². The van der Waals surface area contributed by atoms with E-state index in [1.54, 1.807) is 6.08 Å². The van der Waals surface area contributed by atoms with Crippen LogP contribution in [0.25, 0.3) is 0 Å². The van der Waals surface area contributed by atoms with Gasteiger partial charge in [-0.3, -0.25) is 0 Å². The van der Waals surface area contributed by atoms with Crippen molar-refractivity contribution in [3.05, 3.63) is 36.5 Å². The predicted octanol–water partition coefficient (Wildman–Crippen LogP) is 4.65. The zero-order valence-electron chi connectivity index (χ0n) is 16.1. The van der Waals surface area contributed by atoms with Crippen LogP contribution in [0.4, 0.5) is 0 Å². The molecule has 27 heavy (non-hydrogen) atoms. The van der Waals surface area contributed by atoms with Gasteiger partial charge in [0.25, 0.3) is 0 Å². The van der Waals surface area contributed by atoms with E-state index in [0.29, 0.717) is 29.6 Å². The molecule has 3 unspecified atom stereocenters. The molecule has 0 aromatic heterocycles. The van der Waals surface area contributed by atoms with Crippen LogP contribution in [0.15, 0.2) is 41.6 Å². The molecule has 1 heterocycles. The Bertz CT molecular complexity index is 780. The molecule has 0 saturated heterocycles. The number of nitrogens with zero attached hydrogens (tertiary/aromatic N) is 1. The lowest BCUT2D eigenvalue weighted by molar-refractivity contribution is -0.162. The normalized spacial score (nSPS) is 49.4. The van der Waals surface area contributed by atoms with Crippen molar-refractivity contribution in [3.63, 3.8) is 0 Å². The first kappa shape index (κ1) is 17.3. The van der Waals surface area contributed by atoms with Gasteiger partial charge in [0.05, 0.1) is 5.71 Å². The average Bonchev–Trinajstić information content (AvgIpc) is 3.21. The van der Waals surface area contributed by atoms with Crippen molar-refractivity contribution in [2.75, 3.05) is 0 Å². The maximum absolute atomic E-state index is 11.9. The molecule has 4 aliphatic carbocycles. The molecule has 1 aliphatic heterocycles. The van der Waals surface area contributed by atoms with Gasteiger partial charge in [-0.2, -0.15) is 0 Å². The molecule has 1 N–H and O–H groups in total. The van der Waals surface area contributed by atoms with Gasteiger partial charge in [0, 0.05) is 11.5 Å². The Labute approximate surface area is 161 Å². The van der Waals surface area contributed by atoms with Crippen LogP contribution in [0.3, 0.4) is 0 Å². The molecule has 5 rings (SSSR count). The summed E-state index contributed by atoms with van der Waals surface area (Å²) >= 11 is 0. The second-order valence-electron chi connectivity index (χ2n) is 9.55. The summed E-state index contributed by atoms with van der Waals surface area (Å²) in [6.07, 6.45) is 15.4. The van der Waals surface area contributed by atoms with E-state index in [2.05, 4.69) is 36.9 Å². The van der Waals surface area contributed by atoms with E-state index in [4.69, 9.17) is 4.74 Å². The lowest BCUT2D eigenvalue weighted by Crippen LogP contribution is -2.54. The lowest BCUT2D eigenvalue weighted by atomic mass is 9.48. The van der Waals surface area contributed by atoms with Gasteiger partial charge in [-0.15, -0.1) is 6.58 Å². The van der Waals surface area contributed by atoms with Crippen LogP contribution in [0.2, 0.25) is 0 Å². The Balaban J connectivity index is 1.52. The number of ether oxygens (including phenoxy) is 1. The average molecular weight is 367 g/mol. The maximum atomic E-state index is 11.9. The van der Waals surface area contributed by atoms with Crippen molar-refractivity contribution >= 4 is 11.7 Å². The Morgan fingerprint density at radius 3 is 2.89 bits per heavy atom. The monoisotopic (exact) mass is 367 g/mol. The molecule has 5 aliphatic rings. The first-order valence-corrected chi connectivity index (χ1v) is 10.5. The largest absolute Gasteiger partial charge is 0.451 e. The summed E-state index contributed by atoms with van der Waals surface area (Å²) in [5.41, 5.74) is 1.94. The molecule has 0 bridgehead atoms. The fourth-order valence-electron chi connectivity index (χ4n) is 7.55. The van der Waals surface area contributed by atoms with Crippen molar-refractivity contribution in [3.8, 4) is 0 Å². The van der Waals surface area contributed by atoms with Gasteiger partial charge in [-0.1, -0.05) is 23.7 Å². The summed E-state index contributed by atoms with van der Waals surface area (Å²) in [7, 11) is 0. The number of esters is 1. The number of fused-ring (bicyclic) bond motifs is 6. The van der Waals surface area contributed by atoms with E-state index in [1.165, 1.54) is 12.0 Å². The standard InChI is InChI=1S/C23H29NO3/c1-3-14-12-15-13-16(24-26)4-5-17(15)18-6-9-22(2)19(21(14)18)7-10-23(22)11-8-20(25)27-23/h3,8,11,13-14,17-19,21,26H,1,4-7,9-10,12H2,2H3/b24-16+/t14-,17-,18?,19?,21?,22-,23+/m0/s1. The van der Waals surface area contributed by atoms with Crippen LogP contribution in [-0.2, 0) is 9.53 Å². The molecule has 0 radical (unpaired) electrons. The molecule has 3 saturated carbocycles. The molecular formula is C23H29NO3. The summed E-state index contributed by atoms with van der Waals surface area (Å²) in [5, 5.41) is 12.7. The SMILES string of the molecule is C=C[C@H]1CC2=C/C(=N/O)CC[C@@H]2C2CC[C@@]3(C)C(CC[C@@]34C=CC(=O)O4)C21. The summed E-state index contributed by atoms with van der Waals surface area (Å²) in [6, 6.07) is 0. The number of hydrogen-bond acceptors (Lipinski definition) is 4. The minimum atomic E-state index is -0.384. The van der Waals surface area contributed by atoms with Gasteiger partial charge in [-0.25, -0.2) is 4.79 Å². The van der Waals surface area contributed by atoms with Crippen molar-refractivity contribution in [1.29, 1.82) is 0 Å². The Hall–Kier alpha value is -1.84. The van der Waals surface area contributed by atoms with Crippen LogP contribution < -0.4 is 0 Å². The van der Waals surface area contributed by atoms with E-state index in [9.17, 15) is 10.0 Å². The van der Waals surface area contributed by atoms with Gasteiger partial charge >= 0.3 is 5.97 Å². The molecule has 4 nitrogen and oxygen atoms in total. The van der Waals surface area contributed by atoms with Gasteiger partial charge < -0.3 is 9.94 Å². The van der Waals surface area contributed by atoms with Crippen molar-refractivity contribution in [1.82, 2.24) is 0 Å². The number of rotatable bonds is 1. The minimum absolute atomic E-state index is 0.0334. The molecule has 144 valence electrons. The number of carbonyl (C=O) groups is 1.